The molecule has 1 amide bonds. The van der Waals surface area contributed by atoms with Gasteiger partial charge in [0.15, 0.2) is 5.78 Å². The molecule has 8 heteroatoms. The predicted molar refractivity (Wildman–Crippen MR) is 79.2 cm³/mol. The fourth-order valence-electron chi connectivity index (χ4n) is 1.69. The quantitative estimate of drug-likeness (QED) is 0.665. The molecule has 2 aromatic rings. The molecule has 0 spiro atoms. The number of hydrogen-bond donors (Lipinski definition) is 1. The molecule has 0 saturated heterocycles. The monoisotopic (exact) mass is 305 g/mol. The Morgan fingerprint density at radius 3 is 2.48 bits per heavy atom. The van der Waals surface area contributed by atoms with Crippen molar-refractivity contribution >= 4 is 29.1 Å². The topological polar surface area (TPSA) is 89.8 Å². The summed E-state index contributed by atoms with van der Waals surface area (Å²) in [4.78, 5) is 23.3. The molecular weight excluding hydrogens is 290 g/mol. The van der Waals surface area contributed by atoms with Crippen molar-refractivity contribution in [2.45, 2.75) is 24.3 Å². The van der Waals surface area contributed by atoms with Crippen molar-refractivity contribution in [3.05, 3.63) is 29.8 Å². The average Bonchev–Trinajstić information content (AvgIpc) is 2.83. The standard InChI is InChI=1S/C13H15N5O2S/c1-8(21-13-15-16-17-18(13)3)12(20)10-4-6-11(7-5-10)14-9(2)19/h4-8H,1-3H3,(H,14,19). The molecule has 0 radical (unpaired) electrons. The first-order chi connectivity index (χ1) is 9.97. The summed E-state index contributed by atoms with van der Waals surface area (Å²) in [6.45, 7) is 3.25. The number of Topliss-reactive ketones (excluding diaryl/α,β-unsaturated/α-hetero) is 1. The molecule has 110 valence electrons. The first kappa shape index (κ1) is 15.2. The number of carbonyl (C=O) groups is 2. The first-order valence-corrected chi connectivity index (χ1v) is 7.16. The lowest BCUT2D eigenvalue weighted by atomic mass is 10.1. The second kappa shape index (κ2) is 6.49. The summed E-state index contributed by atoms with van der Waals surface area (Å²) in [6.07, 6.45) is 0. The molecule has 0 fully saturated rings. The van der Waals surface area contributed by atoms with Crippen LogP contribution >= 0.6 is 11.8 Å². The van der Waals surface area contributed by atoms with Crippen LogP contribution in [-0.2, 0) is 11.8 Å². The Morgan fingerprint density at radius 2 is 1.95 bits per heavy atom. The van der Waals surface area contributed by atoms with Crippen LogP contribution in [0.5, 0.6) is 0 Å². The lowest BCUT2D eigenvalue weighted by Crippen LogP contribution is -2.14. The van der Waals surface area contributed by atoms with Gasteiger partial charge in [-0.1, -0.05) is 11.8 Å². The summed E-state index contributed by atoms with van der Waals surface area (Å²) in [7, 11) is 1.72. The predicted octanol–water partition coefficient (Wildman–Crippen LogP) is 1.53. The third-order valence-electron chi connectivity index (χ3n) is 2.72. The fraction of sp³-hybridized carbons (Fsp3) is 0.308. The number of anilines is 1. The van der Waals surface area contributed by atoms with Gasteiger partial charge in [-0.15, -0.1) is 5.10 Å². The van der Waals surface area contributed by atoms with Crippen LogP contribution in [0.1, 0.15) is 24.2 Å². The minimum Gasteiger partial charge on any atom is -0.326 e. The van der Waals surface area contributed by atoms with Gasteiger partial charge in [-0.05, 0) is 41.6 Å². The van der Waals surface area contributed by atoms with Crippen LogP contribution in [0, 0.1) is 0 Å². The number of amides is 1. The number of hydrogen-bond acceptors (Lipinski definition) is 6. The van der Waals surface area contributed by atoms with E-state index in [0.29, 0.717) is 16.4 Å². The molecule has 21 heavy (non-hydrogen) atoms. The summed E-state index contributed by atoms with van der Waals surface area (Å²) in [6, 6.07) is 6.80. The highest BCUT2D eigenvalue weighted by Crippen LogP contribution is 2.23. The van der Waals surface area contributed by atoms with Crippen molar-refractivity contribution in [2.75, 3.05) is 5.32 Å². The Labute approximate surface area is 126 Å². The Hall–Kier alpha value is -2.22. The van der Waals surface area contributed by atoms with Gasteiger partial charge in [-0.2, -0.15) is 0 Å². The number of benzene rings is 1. The van der Waals surface area contributed by atoms with E-state index in [1.807, 2.05) is 6.92 Å². The normalized spacial score (nSPS) is 12.0. The molecule has 1 unspecified atom stereocenters. The summed E-state index contributed by atoms with van der Waals surface area (Å²) in [5, 5.41) is 14.0. The van der Waals surface area contributed by atoms with Crippen LogP contribution in [-0.4, -0.2) is 37.1 Å². The second-order valence-corrected chi connectivity index (χ2v) is 5.78. The van der Waals surface area contributed by atoms with Crippen LogP contribution in [0.3, 0.4) is 0 Å². The lowest BCUT2D eigenvalue weighted by molar-refractivity contribution is -0.114. The Morgan fingerprint density at radius 1 is 1.29 bits per heavy atom. The highest BCUT2D eigenvalue weighted by molar-refractivity contribution is 8.00. The van der Waals surface area contributed by atoms with Gasteiger partial charge in [0.2, 0.25) is 11.1 Å². The molecule has 0 aliphatic carbocycles. The summed E-state index contributed by atoms with van der Waals surface area (Å²) < 4.78 is 1.52. The average molecular weight is 305 g/mol. The van der Waals surface area contributed by atoms with E-state index in [-0.39, 0.29) is 16.9 Å². The van der Waals surface area contributed by atoms with Crippen molar-refractivity contribution in [3.8, 4) is 0 Å². The number of ketones is 1. The van der Waals surface area contributed by atoms with E-state index in [4.69, 9.17) is 0 Å². The minimum atomic E-state index is -0.304. The third-order valence-corrected chi connectivity index (χ3v) is 3.85. The highest BCUT2D eigenvalue weighted by Gasteiger charge is 2.19. The van der Waals surface area contributed by atoms with Gasteiger partial charge in [0, 0.05) is 25.2 Å². The number of thioether (sulfide) groups is 1. The maximum absolute atomic E-state index is 12.3. The second-order valence-electron chi connectivity index (χ2n) is 4.47. The van der Waals surface area contributed by atoms with Gasteiger partial charge >= 0.3 is 0 Å². The molecule has 2 rings (SSSR count). The van der Waals surface area contributed by atoms with Crippen molar-refractivity contribution in [1.29, 1.82) is 0 Å². The van der Waals surface area contributed by atoms with Crippen LogP contribution in [0.4, 0.5) is 5.69 Å². The van der Waals surface area contributed by atoms with E-state index in [1.54, 1.807) is 31.3 Å². The number of aromatic nitrogens is 4. The molecule has 1 heterocycles. The molecule has 1 aromatic heterocycles. The number of carbonyl (C=O) groups excluding carboxylic acids is 2. The smallest absolute Gasteiger partial charge is 0.221 e. The lowest BCUT2D eigenvalue weighted by Gasteiger charge is -2.09. The van der Waals surface area contributed by atoms with E-state index in [0.717, 1.165) is 0 Å². The number of nitrogens with one attached hydrogen (secondary N) is 1. The zero-order valence-corrected chi connectivity index (χ0v) is 12.7. The van der Waals surface area contributed by atoms with Gasteiger partial charge in [0.25, 0.3) is 0 Å². The van der Waals surface area contributed by atoms with Crippen molar-refractivity contribution in [3.63, 3.8) is 0 Å². The molecule has 1 aromatic carbocycles. The molecule has 1 atom stereocenters. The van der Waals surface area contributed by atoms with Crippen LogP contribution in [0.2, 0.25) is 0 Å². The van der Waals surface area contributed by atoms with Gasteiger partial charge in [0.1, 0.15) is 0 Å². The largest absolute Gasteiger partial charge is 0.326 e. The number of aryl methyl sites for hydroxylation is 1. The summed E-state index contributed by atoms with van der Waals surface area (Å²) in [5.41, 5.74) is 1.25. The Bertz CT molecular complexity index is 653. The molecule has 1 N–H and O–H groups in total. The zero-order valence-electron chi connectivity index (χ0n) is 11.9. The van der Waals surface area contributed by atoms with Gasteiger partial charge in [0.05, 0.1) is 5.25 Å². The number of nitrogens with zero attached hydrogens (tertiary/aromatic N) is 4. The Kier molecular flexibility index (Phi) is 4.69. The van der Waals surface area contributed by atoms with E-state index in [9.17, 15) is 9.59 Å². The maximum Gasteiger partial charge on any atom is 0.221 e. The number of rotatable bonds is 5. The Balaban J connectivity index is 2.05. The molecular formula is C13H15N5O2S. The van der Waals surface area contributed by atoms with E-state index in [1.165, 1.54) is 23.4 Å². The van der Waals surface area contributed by atoms with Crippen LogP contribution in [0.25, 0.3) is 0 Å². The van der Waals surface area contributed by atoms with E-state index in [2.05, 4.69) is 20.8 Å². The first-order valence-electron chi connectivity index (χ1n) is 6.28. The van der Waals surface area contributed by atoms with Crippen molar-refractivity contribution < 1.29 is 9.59 Å². The fourth-order valence-corrected chi connectivity index (χ4v) is 2.52. The van der Waals surface area contributed by atoms with Gasteiger partial charge < -0.3 is 5.32 Å². The minimum absolute atomic E-state index is 0.0163. The zero-order chi connectivity index (χ0) is 15.4. The maximum atomic E-state index is 12.3. The molecule has 0 bridgehead atoms. The summed E-state index contributed by atoms with van der Waals surface area (Å²) >= 11 is 1.30. The van der Waals surface area contributed by atoms with Crippen molar-refractivity contribution in [2.24, 2.45) is 7.05 Å². The van der Waals surface area contributed by atoms with Gasteiger partial charge in [-0.3, -0.25) is 9.59 Å². The SMILES string of the molecule is CC(=O)Nc1ccc(C(=O)C(C)Sc2nnnn2C)cc1. The number of tetrazole rings is 1. The highest BCUT2D eigenvalue weighted by atomic mass is 32.2. The molecule has 0 aliphatic heterocycles. The van der Waals surface area contributed by atoms with Crippen LogP contribution in [0.15, 0.2) is 29.4 Å². The van der Waals surface area contributed by atoms with Crippen molar-refractivity contribution in [1.82, 2.24) is 20.2 Å². The van der Waals surface area contributed by atoms with Gasteiger partial charge in [-0.25, -0.2) is 4.68 Å². The molecule has 0 saturated carbocycles. The van der Waals surface area contributed by atoms with E-state index < -0.39 is 0 Å². The molecule has 7 nitrogen and oxygen atoms in total. The molecule has 0 aliphatic rings. The third kappa shape index (κ3) is 3.88. The van der Waals surface area contributed by atoms with Crippen LogP contribution < -0.4 is 5.32 Å². The van der Waals surface area contributed by atoms with E-state index >= 15 is 0 Å². The summed E-state index contributed by atoms with van der Waals surface area (Å²) in [5.74, 6) is -0.162.